The number of primary amides is 1. The molecule has 0 radical (unpaired) electrons. The Labute approximate surface area is 243 Å². The number of benzene rings is 2. The third kappa shape index (κ3) is 8.37. The van der Waals surface area contributed by atoms with Gasteiger partial charge < -0.3 is 52.1 Å². The van der Waals surface area contributed by atoms with Gasteiger partial charge in [-0.3, -0.25) is 4.79 Å². The van der Waals surface area contributed by atoms with Crippen LogP contribution in [0.25, 0.3) is 0 Å². The summed E-state index contributed by atoms with van der Waals surface area (Å²) < 4.78 is 15.9. The van der Waals surface area contributed by atoms with E-state index in [0.717, 1.165) is 6.42 Å². The van der Waals surface area contributed by atoms with Crippen LogP contribution in [0.1, 0.15) is 33.6 Å². The summed E-state index contributed by atoms with van der Waals surface area (Å²) in [6.07, 6.45) is 4.13. The zero-order chi connectivity index (χ0) is 30.6. The smallest absolute Gasteiger partial charge is 0.407 e. The Morgan fingerprint density at radius 3 is 2.19 bits per heavy atom. The summed E-state index contributed by atoms with van der Waals surface area (Å²) in [4.78, 5) is 36.0. The lowest BCUT2D eigenvalue weighted by atomic mass is 10.1. The number of carboxylic acid groups (broad SMARTS) is 1. The largest absolute Gasteiger partial charge is 0.494 e. The van der Waals surface area contributed by atoms with Gasteiger partial charge in [-0.2, -0.15) is 0 Å². The molecule has 2 aromatic rings. The van der Waals surface area contributed by atoms with E-state index in [1.165, 1.54) is 37.3 Å². The molecule has 1 unspecified atom stereocenters. The first-order valence-electron chi connectivity index (χ1n) is 13.1. The third-order valence-corrected chi connectivity index (χ3v) is 6.52. The minimum absolute atomic E-state index is 0.0451. The summed E-state index contributed by atoms with van der Waals surface area (Å²) in [5.41, 5.74) is 19.8. The van der Waals surface area contributed by atoms with Crippen molar-refractivity contribution in [1.29, 1.82) is 0 Å². The van der Waals surface area contributed by atoms with Crippen molar-refractivity contribution in [3.05, 3.63) is 47.5 Å². The van der Waals surface area contributed by atoms with Crippen molar-refractivity contribution in [1.82, 2.24) is 4.90 Å². The van der Waals surface area contributed by atoms with Crippen LogP contribution in [-0.4, -0.2) is 75.0 Å². The number of rotatable bonds is 12. The fourth-order valence-corrected chi connectivity index (χ4v) is 4.35. The van der Waals surface area contributed by atoms with E-state index in [2.05, 4.69) is 22.5 Å². The Kier molecular flexibility index (Phi) is 11.1. The monoisotopic (exact) mass is 580 g/mol. The lowest BCUT2D eigenvalue weighted by Gasteiger charge is -2.15. The molecule has 0 bridgehead atoms. The molecule has 1 saturated heterocycles. The molecule has 9 N–H and O–H groups in total. The molecule has 224 valence electrons. The second-order valence-corrected chi connectivity index (χ2v) is 9.40. The number of nitrogens with one attached hydrogen (secondary N) is 2. The topological polar surface area (TPSA) is 204 Å². The van der Waals surface area contributed by atoms with Gasteiger partial charge in [0.25, 0.3) is 0 Å². The maximum atomic E-state index is 11.8. The summed E-state index contributed by atoms with van der Waals surface area (Å²) in [6.45, 7) is 1.81. The number of amides is 2. The fourth-order valence-electron chi connectivity index (χ4n) is 4.35. The summed E-state index contributed by atoms with van der Waals surface area (Å²) in [5.74, 6) is 5.73. The molecule has 2 aromatic carbocycles. The number of nitrogens with zero attached hydrogens (tertiary/aromatic N) is 1. The minimum atomic E-state index is -0.913. The van der Waals surface area contributed by atoms with E-state index >= 15 is 0 Å². The molecule has 1 aliphatic heterocycles. The summed E-state index contributed by atoms with van der Waals surface area (Å²) in [6, 6.07) is 6.02. The van der Waals surface area contributed by atoms with Crippen molar-refractivity contribution in [3.8, 4) is 23.3 Å². The third-order valence-electron chi connectivity index (χ3n) is 6.52. The number of hydrogen-bond donors (Lipinski definition) is 6. The number of hydrogen-bond acceptors (Lipinski definition) is 10. The van der Waals surface area contributed by atoms with Crippen molar-refractivity contribution in [2.45, 2.75) is 12.8 Å². The van der Waals surface area contributed by atoms with Crippen LogP contribution >= 0.6 is 0 Å². The van der Waals surface area contributed by atoms with E-state index in [1.807, 2.05) is 12.2 Å². The van der Waals surface area contributed by atoms with Crippen LogP contribution in [0.2, 0.25) is 0 Å². The zero-order valence-corrected chi connectivity index (χ0v) is 23.6. The molecule has 42 heavy (non-hydrogen) atoms. The summed E-state index contributed by atoms with van der Waals surface area (Å²) in [7, 11) is 2.76. The van der Waals surface area contributed by atoms with Gasteiger partial charge in [0.1, 0.15) is 29.5 Å². The van der Waals surface area contributed by atoms with Crippen molar-refractivity contribution < 1.29 is 33.7 Å². The highest BCUT2D eigenvalue weighted by Crippen LogP contribution is 2.33. The van der Waals surface area contributed by atoms with E-state index < -0.39 is 18.0 Å². The van der Waals surface area contributed by atoms with Crippen molar-refractivity contribution in [3.63, 3.8) is 0 Å². The van der Waals surface area contributed by atoms with Crippen LogP contribution in [-0.2, 0) is 4.74 Å². The molecule has 0 saturated carbocycles. The molecule has 0 aromatic heterocycles. The van der Waals surface area contributed by atoms with Crippen molar-refractivity contribution in [2.24, 2.45) is 11.7 Å². The first-order valence-corrected chi connectivity index (χ1v) is 13.1. The molecular formula is C29H36N6O7. The Morgan fingerprint density at radius 2 is 1.62 bits per heavy atom. The van der Waals surface area contributed by atoms with Gasteiger partial charge in [-0.05, 0) is 36.6 Å². The first-order chi connectivity index (χ1) is 20.1. The summed E-state index contributed by atoms with van der Waals surface area (Å²) in [5, 5.41) is 15.4. The molecule has 0 spiro atoms. The molecule has 1 heterocycles. The molecule has 13 nitrogen and oxygen atoms in total. The van der Waals surface area contributed by atoms with Gasteiger partial charge in [0.2, 0.25) is 5.91 Å². The highest BCUT2D eigenvalue weighted by atomic mass is 16.5. The van der Waals surface area contributed by atoms with Gasteiger partial charge in [0.15, 0.2) is 0 Å². The van der Waals surface area contributed by atoms with Gasteiger partial charge in [-0.1, -0.05) is 24.0 Å². The Bertz CT molecular complexity index is 1400. The van der Waals surface area contributed by atoms with E-state index in [1.54, 1.807) is 6.07 Å². The highest BCUT2D eigenvalue weighted by molar-refractivity contribution is 5.96. The SMILES string of the molecule is COC(=O)c1cc(N)c(NCC=CCNc2c(N)cc(C(N)=O)cc2OCC#CCC2CCN(C(=O)O)C2)c(OC)c1. The van der Waals surface area contributed by atoms with Crippen LogP contribution in [0, 0.1) is 17.8 Å². The number of likely N-dealkylation sites (tertiary alicyclic amines) is 1. The van der Waals surface area contributed by atoms with Gasteiger partial charge in [-0.15, -0.1) is 0 Å². The van der Waals surface area contributed by atoms with Crippen molar-refractivity contribution in [2.75, 3.05) is 69.1 Å². The standard InChI is InChI=1S/C29H36N6O7/c1-40-23-16-20(28(37)41-2)14-22(31)25(23)33-9-4-5-10-34-26-21(30)13-19(27(32)36)15-24(26)42-12-6-3-7-18-8-11-35(17-18)29(38)39/h4-5,13-16,18,33-34H,7-12,17,30-31H2,1-2H3,(H2,32,36)(H,38,39). The maximum absolute atomic E-state index is 11.8. The quantitative estimate of drug-likeness (QED) is 0.0931. The predicted molar refractivity (Wildman–Crippen MR) is 160 cm³/mol. The fraction of sp³-hybridized carbons (Fsp3) is 0.345. The predicted octanol–water partition coefficient (Wildman–Crippen LogP) is 2.60. The normalized spacial score (nSPS) is 14.1. The van der Waals surface area contributed by atoms with Crippen LogP contribution in [0.5, 0.6) is 11.5 Å². The van der Waals surface area contributed by atoms with Crippen LogP contribution in [0.3, 0.4) is 0 Å². The van der Waals surface area contributed by atoms with E-state index in [4.69, 9.17) is 36.5 Å². The lowest BCUT2D eigenvalue weighted by Crippen LogP contribution is -2.26. The van der Waals surface area contributed by atoms with E-state index in [9.17, 15) is 14.4 Å². The average Bonchev–Trinajstić information content (AvgIpc) is 3.44. The average molecular weight is 581 g/mol. The second-order valence-electron chi connectivity index (χ2n) is 9.40. The molecule has 0 aliphatic carbocycles. The van der Waals surface area contributed by atoms with Gasteiger partial charge in [0.05, 0.1) is 31.2 Å². The number of nitrogens with two attached hydrogens (primary N) is 3. The number of methoxy groups -OCH3 is 2. The molecule has 1 fully saturated rings. The Balaban J connectivity index is 1.58. The second kappa shape index (κ2) is 14.9. The maximum Gasteiger partial charge on any atom is 0.407 e. The molecule has 13 heteroatoms. The van der Waals surface area contributed by atoms with Crippen LogP contribution < -0.4 is 37.3 Å². The van der Waals surface area contributed by atoms with E-state index in [0.29, 0.717) is 61.2 Å². The molecule has 2 amide bonds. The van der Waals surface area contributed by atoms with Crippen molar-refractivity contribution >= 4 is 40.7 Å². The Hall–Kier alpha value is -5.25. The molecule has 1 atom stereocenters. The number of ether oxygens (including phenoxy) is 3. The number of anilines is 4. The van der Waals surface area contributed by atoms with Crippen LogP contribution in [0.4, 0.5) is 27.5 Å². The van der Waals surface area contributed by atoms with Crippen LogP contribution in [0.15, 0.2) is 36.4 Å². The Morgan fingerprint density at radius 1 is 1.00 bits per heavy atom. The minimum Gasteiger partial charge on any atom is -0.494 e. The van der Waals surface area contributed by atoms with Gasteiger partial charge in [-0.25, -0.2) is 9.59 Å². The molecule has 3 rings (SSSR count). The number of nitrogen functional groups attached to an aromatic ring is 2. The van der Waals surface area contributed by atoms with E-state index in [-0.39, 0.29) is 29.3 Å². The number of esters is 1. The zero-order valence-electron chi connectivity index (χ0n) is 23.6. The number of carbonyl (C=O) groups is 3. The molecule has 1 aliphatic rings. The highest BCUT2D eigenvalue weighted by Gasteiger charge is 2.25. The van der Waals surface area contributed by atoms with Gasteiger partial charge >= 0.3 is 12.1 Å². The lowest BCUT2D eigenvalue weighted by molar-refractivity contribution is 0.0600. The number of carbonyl (C=O) groups excluding carboxylic acids is 2. The summed E-state index contributed by atoms with van der Waals surface area (Å²) >= 11 is 0. The first kappa shape index (κ1) is 31.3. The van der Waals surface area contributed by atoms with Gasteiger partial charge in [0, 0.05) is 38.2 Å². The molecular weight excluding hydrogens is 544 g/mol.